The van der Waals surface area contributed by atoms with E-state index in [1.54, 1.807) is 24.3 Å². The lowest BCUT2D eigenvalue weighted by atomic mass is 9.95. The molecule has 1 aliphatic carbocycles. The minimum atomic E-state index is -2.03. The maximum atomic E-state index is 8.26. The Balaban J connectivity index is 2.15. The molecule has 13 heavy (non-hydrogen) atoms. The van der Waals surface area contributed by atoms with Crippen LogP contribution in [0.2, 0.25) is 5.02 Å². The average molecular weight is 199 g/mol. The van der Waals surface area contributed by atoms with Crippen molar-refractivity contribution in [1.82, 2.24) is 5.32 Å². The van der Waals surface area contributed by atoms with Gasteiger partial charge >= 0.3 is 0 Å². The van der Waals surface area contributed by atoms with E-state index in [9.17, 15) is 0 Å². The third kappa shape index (κ3) is 1.04. The molecule has 1 nitrogen and oxygen atoms in total. The molecule has 3 rings (SSSR count). The van der Waals surface area contributed by atoms with Gasteiger partial charge in [-0.1, -0.05) is 23.7 Å². The van der Waals surface area contributed by atoms with Crippen molar-refractivity contribution in [1.29, 1.82) is 0 Å². The summed E-state index contributed by atoms with van der Waals surface area (Å²) < 4.78 is 39.9. The number of halogens is 1. The van der Waals surface area contributed by atoms with Gasteiger partial charge in [-0.25, -0.2) is 0 Å². The first-order chi connectivity index (χ1) is 8.21. The molecule has 68 valence electrons. The number of benzene rings is 1. The van der Waals surface area contributed by atoms with Crippen molar-refractivity contribution >= 4 is 11.6 Å². The van der Waals surface area contributed by atoms with Crippen molar-refractivity contribution < 1.29 is 6.85 Å². The highest BCUT2D eigenvalue weighted by molar-refractivity contribution is 6.30. The normalized spacial score (nSPS) is 55.0. The fourth-order valence-electron chi connectivity index (χ4n) is 1.77. The molecule has 1 aromatic carbocycles. The Hall–Kier alpha value is -0.530. The van der Waals surface area contributed by atoms with Gasteiger partial charge in [0.2, 0.25) is 0 Å². The van der Waals surface area contributed by atoms with E-state index in [0.717, 1.165) is 0 Å². The molecule has 0 spiro atoms. The zero-order chi connectivity index (χ0) is 13.4. The maximum absolute atomic E-state index is 8.26. The van der Waals surface area contributed by atoms with Crippen LogP contribution in [-0.2, 0) is 5.41 Å². The Kier molecular flexibility index (Phi) is 0.829. The standard InChI is InChI=1S/C11H12ClN/c12-10-3-1-8(2-4-10)11-5-9(11)6-13-7-11/h1-4,9,13H,5-7H2/i5D2,6D2,9D. The molecule has 0 radical (unpaired) electrons. The fourth-order valence-corrected chi connectivity index (χ4v) is 1.90. The minimum absolute atomic E-state index is 0.123. The summed E-state index contributed by atoms with van der Waals surface area (Å²) in [6, 6.07) is 6.65. The molecule has 1 aromatic rings. The van der Waals surface area contributed by atoms with Crippen molar-refractivity contribution in [2.24, 2.45) is 5.89 Å². The van der Waals surface area contributed by atoms with Crippen molar-refractivity contribution in [2.45, 2.75) is 11.8 Å². The minimum Gasteiger partial charge on any atom is -0.316 e. The predicted molar refractivity (Wildman–Crippen MR) is 54.1 cm³/mol. The quantitative estimate of drug-likeness (QED) is 0.730. The third-order valence-corrected chi connectivity index (χ3v) is 2.86. The fraction of sp³-hybridized carbons (Fsp3) is 0.455. The van der Waals surface area contributed by atoms with E-state index in [1.165, 1.54) is 0 Å². The lowest BCUT2D eigenvalue weighted by molar-refractivity contribution is 0.676. The molecular formula is C11H12ClN. The van der Waals surface area contributed by atoms with Crippen LogP contribution in [0.4, 0.5) is 0 Å². The Bertz CT molecular complexity index is 517. The molecule has 0 amide bonds. The van der Waals surface area contributed by atoms with E-state index in [0.29, 0.717) is 10.6 Å². The van der Waals surface area contributed by atoms with Crippen molar-refractivity contribution in [3.05, 3.63) is 34.9 Å². The summed E-state index contributed by atoms with van der Waals surface area (Å²) in [5, 5.41) is 3.16. The molecule has 2 unspecified atom stereocenters. The third-order valence-electron chi connectivity index (χ3n) is 2.61. The first kappa shape index (κ1) is 4.33. The van der Waals surface area contributed by atoms with E-state index in [1.807, 2.05) is 0 Å². The van der Waals surface area contributed by atoms with Crippen LogP contribution in [0.25, 0.3) is 0 Å². The van der Waals surface area contributed by atoms with Crippen molar-refractivity contribution in [2.75, 3.05) is 13.0 Å². The summed E-state index contributed by atoms with van der Waals surface area (Å²) >= 11 is 5.81. The number of hydrogen-bond donors (Lipinski definition) is 1. The maximum Gasteiger partial charge on any atom is 0.0431 e. The molecule has 1 aliphatic heterocycles. The van der Waals surface area contributed by atoms with Crippen LogP contribution >= 0.6 is 11.6 Å². The van der Waals surface area contributed by atoms with Crippen LogP contribution < -0.4 is 5.32 Å². The summed E-state index contributed by atoms with van der Waals surface area (Å²) in [7, 11) is 0. The molecule has 1 saturated carbocycles. The summed E-state index contributed by atoms with van der Waals surface area (Å²) in [6.45, 7) is -1.91. The highest BCUT2D eigenvalue weighted by Gasteiger charge is 2.57. The SMILES string of the molecule is [2H]C1([2H])NCC2(c3ccc(Cl)cc3)C([2H])([2H])C12[2H]. The molecule has 1 N–H and O–H groups in total. The Morgan fingerprint density at radius 2 is 2.31 bits per heavy atom. The van der Waals surface area contributed by atoms with Crippen LogP contribution in [0, 0.1) is 5.89 Å². The summed E-state index contributed by atoms with van der Waals surface area (Å²) in [4.78, 5) is 0. The zero-order valence-corrected chi connectivity index (χ0v) is 7.65. The highest BCUT2D eigenvalue weighted by Crippen LogP contribution is 2.56. The summed E-state index contributed by atoms with van der Waals surface area (Å²) in [6.07, 6.45) is -1.89. The highest BCUT2D eigenvalue weighted by atomic mass is 35.5. The van der Waals surface area contributed by atoms with Gasteiger partial charge in [-0.05, 0) is 36.5 Å². The molecule has 1 heterocycles. The Morgan fingerprint density at radius 1 is 1.54 bits per heavy atom. The van der Waals surface area contributed by atoms with Gasteiger partial charge in [-0.15, -0.1) is 0 Å². The number of rotatable bonds is 1. The number of nitrogens with one attached hydrogen (secondary N) is 1. The Morgan fingerprint density at radius 3 is 2.92 bits per heavy atom. The molecule has 2 fully saturated rings. The van der Waals surface area contributed by atoms with Gasteiger partial charge in [0.1, 0.15) is 0 Å². The molecular weight excluding hydrogens is 182 g/mol. The molecule has 0 bridgehead atoms. The average Bonchev–Trinajstić information content (AvgIpc) is 2.55. The van der Waals surface area contributed by atoms with Gasteiger partial charge < -0.3 is 5.32 Å². The zero-order valence-electron chi connectivity index (χ0n) is 11.9. The van der Waals surface area contributed by atoms with Gasteiger partial charge in [-0.2, -0.15) is 0 Å². The molecule has 0 aromatic heterocycles. The van der Waals surface area contributed by atoms with Crippen molar-refractivity contribution in [3.63, 3.8) is 0 Å². The van der Waals surface area contributed by atoms with Gasteiger partial charge in [0.25, 0.3) is 0 Å². The first-order valence-corrected chi connectivity index (χ1v) is 4.60. The second-order valence-electron chi connectivity index (χ2n) is 3.39. The predicted octanol–water partition coefficient (Wildman–Crippen LogP) is 2.20. The summed E-state index contributed by atoms with van der Waals surface area (Å²) in [5.74, 6) is -1.79. The van der Waals surface area contributed by atoms with Gasteiger partial charge in [0.15, 0.2) is 0 Å². The van der Waals surface area contributed by atoms with Crippen LogP contribution in [0.5, 0.6) is 0 Å². The summed E-state index contributed by atoms with van der Waals surface area (Å²) in [5.41, 5.74) is -0.505. The van der Waals surface area contributed by atoms with E-state index < -0.39 is 24.2 Å². The largest absolute Gasteiger partial charge is 0.316 e. The van der Waals surface area contributed by atoms with Gasteiger partial charge in [0.05, 0.1) is 0 Å². The topological polar surface area (TPSA) is 12.0 Å². The van der Waals surface area contributed by atoms with E-state index in [-0.39, 0.29) is 6.54 Å². The second-order valence-corrected chi connectivity index (χ2v) is 3.83. The van der Waals surface area contributed by atoms with Gasteiger partial charge in [-0.3, -0.25) is 0 Å². The van der Waals surface area contributed by atoms with Crippen LogP contribution in [0.15, 0.2) is 24.3 Å². The first-order valence-electron chi connectivity index (χ1n) is 6.72. The lowest BCUT2D eigenvalue weighted by Gasteiger charge is -2.11. The number of fused-ring (bicyclic) bond motifs is 1. The molecule has 2 aliphatic rings. The van der Waals surface area contributed by atoms with Crippen LogP contribution in [-0.4, -0.2) is 13.0 Å². The monoisotopic (exact) mass is 198 g/mol. The Labute approximate surface area is 90.1 Å². The van der Waals surface area contributed by atoms with E-state index in [2.05, 4.69) is 5.32 Å². The molecule has 1 saturated heterocycles. The van der Waals surface area contributed by atoms with Crippen LogP contribution in [0.1, 0.15) is 18.8 Å². The van der Waals surface area contributed by atoms with Gasteiger partial charge in [0, 0.05) is 23.8 Å². The van der Waals surface area contributed by atoms with Crippen LogP contribution in [0.3, 0.4) is 0 Å². The molecule has 2 heteroatoms. The second kappa shape index (κ2) is 2.49. The number of piperidine rings is 1. The smallest absolute Gasteiger partial charge is 0.0431 e. The van der Waals surface area contributed by atoms with E-state index >= 15 is 0 Å². The van der Waals surface area contributed by atoms with Crippen molar-refractivity contribution in [3.8, 4) is 0 Å². The lowest BCUT2D eigenvalue weighted by Crippen LogP contribution is -2.18. The number of hydrogen-bond acceptors (Lipinski definition) is 1. The van der Waals surface area contributed by atoms with E-state index in [4.69, 9.17) is 18.5 Å². The molecule has 2 atom stereocenters.